The van der Waals surface area contributed by atoms with Crippen molar-refractivity contribution in [3.8, 4) is 0 Å². The van der Waals surface area contributed by atoms with Crippen LogP contribution in [0.5, 0.6) is 0 Å². The first-order valence-electron chi connectivity index (χ1n) is 8.97. The van der Waals surface area contributed by atoms with Gasteiger partial charge in [0.15, 0.2) is 17.9 Å². The van der Waals surface area contributed by atoms with Crippen molar-refractivity contribution in [1.82, 2.24) is 0 Å². The topological polar surface area (TPSA) is 120 Å². The molecule has 0 aliphatic carbocycles. The van der Waals surface area contributed by atoms with E-state index in [2.05, 4.69) is 5.18 Å². The molecule has 2 rings (SSSR count). The maximum atomic E-state index is 12.9. The molecule has 9 heteroatoms. The van der Waals surface area contributed by atoms with E-state index in [-0.39, 0.29) is 30.8 Å². The van der Waals surface area contributed by atoms with Crippen LogP contribution >= 0.6 is 11.6 Å². The van der Waals surface area contributed by atoms with Gasteiger partial charge >= 0.3 is 0 Å². The van der Waals surface area contributed by atoms with E-state index in [1.165, 1.54) is 36.5 Å². The van der Waals surface area contributed by atoms with Crippen molar-refractivity contribution in [2.75, 3.05) is 11.4 Å². The van der Waals surface area contributed by atoms with Gasteiger partial charge in [0.05, 0.1) is 19.1 Å². The number of Topliss-reactive ketones (excluding diaryl/α,β-unsaturated/α-hetero) is 2. The van der Waals surface area contributed by atoms with Crippen LogP contribution in [0.4, 0.5) is 5.69 Å². The van der Waals surface area contributed by atoms with Gasteiger partial charge in [0.25, 0.3) is 0 Å². The molecule has 1 aromatic heterocycles. The molecule has 0 saturated heterocycles. The maximum Gasteiger partial charge on any atom is 0.217 e. The fourth-order valence-electron chi connectivity index (χ4n) is 2.93. The average molecular weight is 423 g/mol. The Morgan fingerprint density at radius 2 is 2.00 bits per heavy atom. The van der Waals surface area contributed by atoms with Gasteiger partial charge in [-0.2, -0.15) is 0 Å². The number of hydrogen-bond acceptors (Lipinski definition) is 8. The van der Waals surface area contributed by atoms with Gasteiger partial charge in [-0.15, -0.1) is 4.91 Å². The minimum Gasteiger partial charge on any atom is -0.472 e. The smallest absolute Gasteiger partial charge is 0.217 e. The number of anilines is 1. The van der Waals surface area contributed by atoms with Crippen molar-refractivity contribution in [3.05, 3.63) is 57.3 Å². The van der Waals surface area contributed by atoms with Gasteiger partial charge in [0.1, 0.15) is 0 Å². The van der Waals surface area contributed by atoms with Gasteiger partial charge in [0.2, 0.25) is 5.54 Å². The van der Waals surface area contributed by atoms with Crippen LogP contribution in [0, 0.1) is 11.8 Å². The number of aliphatic hydroxyl groups excluding tert-OH is 1. The molecule has 2 aromatic rings. The van der Waals surface area contributed by atoms with Gasteiger partial charge in [-0.1, -0.05) is 18.5 Å². The standard InChI is InChI=1S/C20H23ClN2O6/c1-4-17(24)20(3,22-28)18(25)10-23(9-13-5-6-29-11-13)16-8-15(21)12(2)7-14(16)19(26)27/h5-8,11,19,26-27H,4,9-10H2,1-3H3. The molecule has 0 bridgehead atoms. The van der Waals surface area contributed by atoms with Crippen LogP contribution in [0.15, 0.2) is 40.3 Å². The average Bonchev–Trinajstić information content (AvgIpc) is 3.20. The Bertz CT molecular complexity index is 897. The van der Waals surface area contributed by atoms with Gasteiger partial charge in [-0.05, 0) is 42.8 Å². The van der Waals surface area contributed by atoms with Gasteiger partial charge < -0.3 is 19.5 Å². The zero-order valence-electron chi connectivity index (χ0n) is 16.4. The molecule has 0 spiro atoms. The number of furan rings is 1. The molecule has 1 unspecified atom stereocenters. The lowest BCUT2D eigenvalue weighted by Crippen LogP contribution is -2.47. The highest BCUT2D eigenvalue weighted by atomic mass is 35.5. The summed E-state index contributed by atoms with van der Waals surface area (Å²) >= 11 is 6.23. The van der Waals surface area contributed by atoms with Crippen LogP contribution < -0.4 is 4.90 Å². The van der Waals surface area contributed by atoms with E-state index in [0.29, 0.717) is 16.1 Å². The predicted molar refractivity (Wildman–Crippen MR) is 108 cm³/mol. The van der Waals surface area contributed by atoms with Gasteiger partial charge in [-0.3, -0.25) is 9.59 Å². The van der Waals surface area contributed by atoms with Gasteiger partial charge in [-0.25, -0.2) is 0 Å². The van der Waals surface area contributed by atoms with Crippen molar-refractivity contribution < 1.29 is 24.2 Å². The zero-order valence-corrected chi connectivity index (χ0v) is 17.1. The van der Waals surface area contributed by atoms with Crippen LogP contribution in [0.2, 0.25) is 5.02 Å². The number of carbonyl (C=O) groups is 2. The summed E-state index contributed by atoms with van der Waals surface area (Å²) in [5.41, 5.74) is -0.312. The van der Waals surface area contributed by atoms with Crippen molar-refractivity contribution in [3.63, 3.8) is 0 Å². The fourth-order valence-corrected chi connectivity index (χ4v) is 3.09. The Hall–Kier alpha value is -2.55. The highest BCUT2D eigenvalue weighted by Gasteiger charge is 2.42. The molecule has 0 amide bonds. The minimum absolute atomic E-state index is 0.0212. The number of benzene rings is 1. The summed E-state index contributed by atoms with van der Waals surface area (Å²) in [6, 6.07) is 4.69. The van der Waals surface area contributed by atoms with E-state index in [1.807, 2.05) is 0 Å². The molecule has 1 heterocycles. The molecular weight excluding hydrogens is 400 g/mol. The predicted octanol–water partition coefficient (Wildman–Crippen LogP) is 3.30. The highest BCUT2D eigenvalue weighted by molar-refractivity contribution is 6.31. The molecule has 8 nitrogen and oxygen atoms in total. The van der Waals surface area contributed by atoms with Crippen LogP contribution in [0.1, 0.15) is 43.2 Å². The summed E-state index contributed by atoms with van der Waals surface area (Å²) in [6.07, 6.45) is 1.08. The molecule has 29 heavy (non-hydrogen) atoms. The second kappa shape index (κ2) is 9.30. The minimum atomic E-state index is -2.03. The SMILES string of the molecule is CCC(=O)C(C)(N=O)C(=O)CN(Cc1ccoc1)c1cc(Cl)c(C)cc1C(O)O. The number of ketones is 2. The molecule has 0 aliphatic rings. The largest absolute Gasteiger partial charge is 0.472 e. The number of hydrogen-bond donors (Lipinski definition) is 2. The molecule has 0 fully saturated rings. The van der Waals surface area contributed by atoms with Crippen molar-refractivity contribution in [2.45, 2.75) is 45.6 Å². The van der Waals surface area contributed by atoms with Gasteiger partial charge in [0, 0.05) is 34.8 Å². The van der Waals surface area contributed by atoms with E-state index in [1.54, 1.807) is 19.9 Å². The number of aliphatic hydroxyl groups is 2. The van der Waals surface area contributed by atoms with Crippen molar-refractivity contribution >= 4 is 28.9 Å². The second-order valence-corrected chi connectivity index (χ2v) is 7.29. The second-order valence-electron chi connectivity index (χ2n) is 6.88. The van der Waals surface area contributed by atoms with E-state index in [4.69, 9.17) is 16.0 Å². The quantitative estimate of drug-likeness (QED) is 0.342. The first-order chi connectivity index (χ1) is 13.6. The maximum absolute atomic E-state index is 12.9. The lowest BCUT2D eigenvalue weighted by atomic mass is 9.90. The number of nitroso groups, excluding NO2 is 1. The van der Waals surface area contributed by atoms with Crippen molar-refractivity contribution in [1.29, 1.82) is 0 Å². The van der Waals surface area contributed by atoms with E-state index in [9.17, 15) is 24.7 Å². The molecule has 156 valence electrons. The van der Waals surface area contributed by atoms with Crippen LogP contribution in [-0.2, 0) is 16.1 Å². The summed E-state index contributed by atoms with van der Waals surface area (Å²) in [5.74, 6) is -1.30. The van der Waals surface area contributed by atoms with Crippen LogP contribution in [-0.4, -0.2) is 33.9 Å². The summed E-state index contributed by atoms with van der Waals surface area (Å²) in [6.45, 7) is 4.20. The lowest BCUT2D eigenvalue weighted by molar-refractivity contribution is -0.132. The Morgan fingerprint density at radius 1 is 1.31 bits per heavy atom. The molecule has 1 aromatic carbocycles. The van der Waals surface area contributed by atoms with Crippen molar-refractivity contribution in [2.24, 2.45) is 5.18 Å². The Kier molecular flexibility index (Phi) is 7.29. The Labute approximate surface area is 173 Å². The molecule has 0 radical (unpaired) electrons. The summed E-state index contributed by atoms with van der Waals surface area (Å²) in [4.78, 5) is 37.9. The number of carbonyl (C=O) groups excluding carboxylic acids is 2. The monoisotopic (exact) mass is 422 g/mol. The fraction of sp³-hybridized carbons (Fsp3) is 0.400. The van der Waals surface area contributed by atoms with E-state index < -0.39 is 23.4 Å². The lowest BCUT2D eigenvalue weighted by Gasteiger charge is -2.29. The first kappa shape index (κ1) is 22.7. The summed E-state index contributed by atoms with van der Waals surface area (Å²) < 4.78 is 5.06. The molecule has 1 atom stereocenters. The third kappa shape index (κ3) is 4.90. The van der Waals surface area contributed by atoms with E-state index >= 15 is 0 Å². The zero-order chi connectivity index (χ0) is 21.8. The molecule has 0 aliphatic heterocycles. The van der Waals surface area contributed by atoms with Crippen LogP contribution in [0.25, 0.3) is 0 Å². The molecular formula is C20H23ClN2O6. The number of aryl methyl sites for hydroxylation is 1. The summed E-state index contributed by atoms with van der Waals surface area (Å²) in [5, 5.41) is 22.8. The third-order valence-electron chi connectivity index (χ3n) is 4.80. The van der Waals surface area contributed by atoms with E-state index in [0.717, 1.165) is 0 Å². The summed E-state index contributed by atoms with van der Waals surface area (Å²) in [7, 11) is 0. The number of rotatable bonds is 10. The third-order valence-corrected chi connectivity index (χ3v) is 5.21. The van der Waals surface area contributed by atoms with Crippen LogP contribution in [0.3, 0.4) is 0 Å². The Morgan fingerprint density at radius 3 is 2.52 bits per heavy atom. The molecule has 0 saturated carbocycles. The first-order valence-corrected chi connectivity index (χ1v) is 9.35. The Balaban J connectivity index is 2.51. The number of nitrogens with zero attached hydrogens (tertiary/aromatic N) is 2. The molecule has 2 N–H and O–H groups in total. The number of halogens is 1. The highest BCUT2D eigenvalue weighted by Crippen LogP contribution is 2.33. The normalized spacial score (nSPS) is 13.2.